The molecule has 0 aromatic carbocycles. The van der Waals surface area contributed by atoms with Crippen LogP contribution in [-0.4, -0.2) is 41.0 Å². The molecule has 122 valence electrons. The van der Waals surface area contributed by atoms with Gasteiger partial charge in [0.1, 0.15) is 0 Å². The molecule has 2 aliphatic rings. The zero-order chi connectivity index (χ0) is 15.5. The Balaban J connectivity index is 2.09. The predicted octanol–water partition coefficient (Wildman–Crippen LogP) is 2.42. The molecule has 0 spiro atoms. The molecule has 0 aromatic rings. The first-order valence-corrected chi connectivity index (χ1v) is 8.82. The van der Waals surface area contributed by atoms with E-state index in [0.29, 0.717) is 18.1 Å². The number of carbonyl (C=O) groups is 1. The van der Waals surface area contributed by atoms with E-state index in [9.17, 15) is 4.79 Å². The largest absolute Gasteiger partial charge is 0.368 e. The van der Waals surface area contributed by atoms with Crippen molar-refractivity contribution in [3.63, 3.8) is 0 Å². The molecule has 3 atom stereocenters. The van der Waals surface area contributed by atoms with Crippen molar-refractivity contribution >= 4 is 5.91 Å². The van der Waals surface area contributed by atoms with Gasteiger partial charge in [-0.1, -0.05) is 19.8 Å². The summed E-state index contributed by atoms with van der Waals surface area (Å²) in [5, 5.41) is 3.47. The molecule has 0 aromatic heterocycles. The lowest BCUT2D eigenvalue weighted by Gasteiger charge is -2.36. The summed E-state index contributed by atoms with van der Waals surface area (Å²) < 4.78 is 0. The summed E-state index contributed by atoms with van der Waals surface area (Å²) in [5.41, 5.74) is 5.27. The number of nitrogens with one attached hydrogen (secondary N) is 1. The van der Waals surface area contributed by atoms with Crippen molar-refractivity contribution in [1.82, 2.24) is 10.2 Å². The Morgan fingerprint density at radius 1 is 1.33 bits per heavy atom. The number of hydrogen-bond acceptors (Lipinski definition) is 3. The minimum absolute atomic E-state index is 0.165. The molecule has 1 saturated heterocycles. The van der Waals surface area contributed by atoms with Crippen LogP contribution >= 0.6 is 0 Å². The van der Waals surface area contributed by atoms with Gasteiger partial charge in [0.2, 0.25) is 5.91 Å². The van der Waals surface area contributed by atoms with Crippen LogP contribution in [0.2, 0.25) is 0 Å². The average molecular weight is 295 g/mol. The molecular formula is C17H33N3O. The summed E-state index contributed by atoms with van der Waals surface area (Å²) in [7, 11) is 0. The number of nitrogens with two attached hydrogens (primary N) is 1. The Morgan fingerprint density at radius 2 is 2.10 bits per heavy atom. The van der Waals surface area contributed by atoms with E-state index < -0.39 is 5.54 Å². The van der Waals surface area contributed by atoms with Gasteiger partial charge >= 0.3 is 0 Å². The lowest BCUT2D eigenvalue weighted by molar-refractivity contribution is -0.124. The van der Waals surface area contributed by atoms with Crippen molar-refractivity contribution in [2.24, 2.45) is 5.73 Å². The highest BCUT2D eigenvalue weighted by Crippen LogP contribution is 2.36. The number of rotatable bonds is 5. The van der Waals surface area contributed by atoms with Crippen LogP contribution in [0.5, 0.6) is 0 Å². The summed E-state index contributed by atoms with van der Waals surface area (Å²) in [5.74, 6) is -0.165. The van der Waals surface area contributed by atoms with E-state index in [4.69, 9.17) is 5.73 Å². The minimum Gasteiger partial charge on any atom is -0.368 e. The zero-order valence-electron chi connectivity index (χ0n) is 14.0. The molecule has 3 unspecified atom stereocenters. The van der Waals surface area contributed by atoms with Crippen LogP contribution in [-0.2, 0) is 4.79 Å². The molecule has 0 radical (unpaired) electrons. The second-order valence-corrected chi connectivity index (χ2v) is 7.29. The summed E-state index contributed by atoms with van der Waals surface area (Å²) in [6, 6.07) is 1.51. The SMILES string of the molecule is CCC1CCCCCN1C1CCC(NC(C)C)(C(N)=O)C1. The van der Waals surface area contributed by atoms with E-state index in [1.165, 1.54) is 38.6 Å². The number of carbonyl (C=O) groups excluding carboxylic acids is 1. The van der Waals surface area contributed by atoms with Crippen molar-refractivity contribution in [1.29, 1.82) is 0 Å². The Labute approximate surface area is 129 Å². The molecule has 2 rings (SSSR count). The maximum Gasteiger partial charge on any atom is 0.237 e. The molecule has 1 heterocycles. The van der Waals surface area contributed by atoms with Crippen molar-refractivity contribution in [3.8, 4) is 0 Å². The second kappa shape index (κ2) is 7.10. The minimum atomic E-state index is -0.483. The maximum atomic E-state index is 12.0. The first-order valence-electron chi connectivity index (χ1n) is 8.82. The number of primary amides is 1. The van der Waals surface area contributed by atoms with E-state index >= 15 is 0 Å². The van der Waals surface area contributed by atoms with Gasteiger partial charge in [-0.2, -0.15) is 0 Å². The van der Waals surface area contributed by atoms with E-state index in [2.05, 4.69) is 31.0 Å². The highest BCUT2D eigenvalue weighted by molar-refractivity contribution is 5.85. The topological polar surface area (TPSA) is 58.4 Å². The van der Waals surface area contributed by atoms with Crippen LogP contribution in [0.1, 0.15) is 72.1 Å². The Morgan fingerprint density at radius 3 is 2.71 bits per heavy atom. The van der Waals surface area contributed by atoms with E-state index in [-0.39, 0.29) is 5.91 Å². The molecular weight excluding hydrogens is 262 g/mol. The zero-order valence-corrected chi connectivity index (χ0v) is 14.0. The smallest absolute Gasteiger partial charge is 0.237 e. The first-order chi connectivity index (χ1) is 9.98. The number of amides is 1. The molecule has 0 bridgehead atoms. The molecule has 1 saturated carbocycles. The van der Waals surface area contributed by atoms with Gasteiger partial charge < -0.3 is 11.1 Å². The van der Waals surface area contributed by atoms with Crippen LogP contribution in [0, 0.1) is 0 Å². The molecule has 21 heavy (non-hydrogen) atoms. The lowest BCUT2D eigenvalue weighted by Crippen LogP contribution is -2.57. The number of nitrogens with zero attached hydrogens (tertiary/aromatic N) is 1. The van der Waals surface area contributed by atoms with Crippen molar-refractivity contribution < 1.29 is 4.79 Å². The molecule has 4 nitrogen and oxygen atoms in total. The number of hydrogen-bond donors (Lipinski definition) is 2. The van der Waals surface area contributed by atoms with Gasteiger partial charge in [0.25, 0.3) is 0 Å². The highest BCUT2D eigenvalue weighted by Gasteiger charge is 2.46. The van der Waals surface area contributed by atoms with E-state index in [1.54, 1.807) is 0 Å². The van der Waals surface area contributed by atoms with Crippen LogP contribution < -0.4 is 11.1 Å². The fourth-order valence-corrected chi connectivity index (χ4v) is 4.40. The van der Waals surface area contributed by atoms with Gasteiger partial charge in [0, 0.05) is 18.1 Å². The third-order valence-electron chi connectivity index (χ3n) is 5.39. The Bertz CT molecular complexity index is 358. The first kappa shape index (κ1) is 16.8. The lowest BCUT2D eigenvalue weighted by atomic mass is 9.94. The summed E-state index contributed by atoms with van der Waals surface area (Å²) in [4.78, 5) is 14.7. The third-order valence-corrected chi connectivity index (χ3v) is 5.39. The summed E-state index contributed by atoms with van der Waals surface area (Å²) in [6.45, 7) is 7.68. The average Bonchev–Trinajstić information content (AvgIpc) is 2.70. The van der Waals surface area contributed by atoms with Crippen molar-refractivity contribution in [2.45, 2.75) is 95.8 Å². The van der Waals surface area contributed by atoms with E-state index in [0.717, 1.165) is 19.3 Å². The fraction of sp³-hybridized carbons (Fsp3) is 0.941. The predicted molar refractivity (Wildman–Crippen MR) is 87.1 cm³/mol. The normalized spacial score (nSPS) is 35.0. The van der Waals surface area contributed by atoms with Gasteiger partial charge in [-0.25, -0.2) is 0 Å². The molecule has 1 amide bonds. The molecule has 4 heteroatoms. The van der Waals surface area contributed by atoms with Gasteiger partial charge in [-0.15, -0.1) is 0 Å². The molecule has 2 fully saturated rings. The maximum absolute atomic E-state index is 12.0. The third kappa shape index (κ3) is 3.78. The van der Waals surface area contributed by atoms with Gasteiger partial charge in [-0.3, -0.25) is 9.69 Å². The van der Waals surface area contributed by atoms with Gasteiger partial charge in [0.15, 0.2) is 0 Å². The van der Waals surface area contributed by atoms with Gasteiger partial charge in [0.05, 0.1) is 5.54 Å². The van der Waals surface area contributed by atoms with Crippen LogP contribution in [0.15, 0.2) is 0 Å². The van der Waals surface area contributed by atoms with Crippen molar-refractivity contribution in [2.75, 3.05) is 6.54 Å². The van der Waals surface area contributed by atoms with Crippen LogP contribution in [0.25, 0.3) is 0 Å². The summed E-state index contributed by atoms with van der Waals surface area (Å²) in [6.07, 6.45) is 9.41. The molecule has 1 aliphatic carbocycles. The van der Waals surface area contributed by atoms with Gasteiger partial charge in [-0.05, 0) is 58.9 Å². The Hall–Kier alpha value is -0.610. The quantitative estimate of drug-likeness (QED) is 0.819. The highest BCUT2D eigenvalue weighted by atomic mass is 16.1. The fourth-order valence-electron chi connectivity index (χ4n) is 4.40. The summed E-state index contributed by atoms with van der Waals surface area (Å²) >= 11 is 0. The number of likely N-dealkylation sites (tertiary alicyclic amines) is 1. The molecule has 3 N–H and O–H groups in total. The second-order valence-electron chi connectivity index (χ2n) is 7.29. The monoisotopic (exact) mass is 295 g/mol. The van der Waals surface area contributed by atoms with Crippen molar-refractivity contribution in [3.05, 3.63) is 0 Å². The Kier molecular flexibility index (Phi) is 5.67. The standard InChI is InChI=1S/C17H33N3O/c1-4-14-8-6-5-7-11-20(14)15-9-10-17(12-15,16(18)21)19-13(2)3/h13-15,19H,4-12H2,1-3H3,(H2,18,21). The van der Waals surface area contributed by atoms with Crippen LogP contribution in [0.4, 0.5) is 0 Å². The molecule has 1 aliphatic heterocycles. The van der Waals surface area contributed by atoms with E-state index in [1.807, 2.05) is 0 Å². The van der Waals surface area contributed by atoms with Crippen LogP contribution in [0.3, 0.4) is 0 Å².